The molecule has 0 radical (unpaired) electrons. The third-order valence-corrected chi connectivity index (χ3v) is 5.28. The summed E-state index contributed by atoms with van der Waals surface area (Å²) in [5.74, 6) is -1.96. The average molecular weight is 357 g/mol. The fourth-order valence-electron chi connectivity index (χ4n) is 3.69. The smallest absolute Gasteiger partial charge is 0.325 e. The SMILES string of the molecule is C[C@H]1O[C@@H](N2C=C(F)C(N)(C(=O)C3CCCCC3)NC2=O)[C@H](O)[C@@H]1O. The zero-order valence-corrected chi connectivity index (χ0v) is 14.0. The predicted octanol–water partition coefficient (Wildman–Crippen LogP) is 0.0935. The fourth-order valence-corrected chi connectivity index (χ4v) is 3.69. The lowest BCUT2D eigenvalue weighted by atomic mass is 9.81. The van der Waals surface area contributed by atoms with Crippen LogP contribution >= 0.6 is 0 Å². The van der Waals surface area contributed by atoms with E-state index < -0.39 is 47.8 Å². The number of aliphatic hydroxyl groups is 2. The van der Waals surface area contributed by atoms with Crippen LogP contribution < -0.4 is 11.1 Å². The van der Waals surface area contributed by atoms with Crippen molar-refractivity contribution < 1.29 is 28.9 Å². The van der Waals surface area contributed by atoms with Crippen LogP contribution in [0.15, 0.2) is 12.0 Å². The van der Waals surface area contributed by atoms with Crippen LogP contribution in [0.4, 0.5) is 9.18 Å². The van der Waals surface area contributed by atoms with Gasteiger partial charge >= 0.3 is 6.03 Å². The highest BCUT2D eigenvalue weighted by molar-refractivity contribution is 5.97. The van der Waals surface area contributed by atoms with Crippen molar-refractivity contribution in [3.63, 3.8) is 0 Å². The maximum Gasteiger partial charge on any atom is 0.325 e. The summed E-state index contributed by atoms with van der Waals surface area (Å²) in [4.78, 5) is 25.8. The minimum Gasteiger partial charge on any atom is -0.388 e. The van der Waals surface area contributed by atoms with Gasteiger partial charge in [-0.3, -0.25) is 15.4 Å². The quantitative estimate of drug-likeness (QED) is 0.567. The second-order valence-electron chi connectivity index (χ2n) is 7.03. The number of carbonyl (C=O) groups excluding carboxylic acids is 2. The molecule has 1 saturated carbocycles. The number of halogens is 1. The Morgan fingerprint density at radius 2 is 2.00 bits per heavy atom. The number of rotatable bonds is 3. The molecule has 3 rings (SSSR count). The minimum absolute atomic E-state index is 0.389. The van der Waals surface area contributed by atoms with E-state index >= 15 is 0 Å². The van der Waals surface area contributed by atoms with Crippen molar-refractivity contribution in [3.8, 4) is 0 Å². The van der Waals surface area contributed by atoms with Crippen molar-refractivity contribution in [1.29, 1.82) is 0 Å². The molecule has 5 atom stereocenters. The maximum absolute atomic E-state index is 14.7. The molecular formula is C16H24FN3O5. The Morgan fingerprint density at radius 3 is 2.56 bits per heavy atom. The van der Waals surface area contributed by atoms with E-state index in [1.807, 2.05) is 0 Å². The molecule has 140 valence electrons. The first-order valence-corrected chi connectivity index (χ1v) is 8.58. The van der Waals surface area contributed by atoms with Crippen LogP contribution in [0.5, 0.6) is 0 Å². The lowest BCUT2D eigenvalue weighted by Gasteiger charge is -2.39. The molecule has 0 aromatic carbocycles. The van der Waals surface area contributed by atoms with Crippen molar-refractivity contribution in [2.24, 2.45) is 11.7 Å². The first kappa shape index (κ1) is 18.2. The molecule has 1 unspecified atom stereocenters. The molecule has 1 saturated heterocycles. The molecule has 2 amide bonds. The number of nitrogens with two attached hydrogens (primary N) is 1. The summed E-state index contributed by atoms with van der Waals surface area (Å²) in [5.41, 5.74) is 3.71. The maximum atomic E-state index is 14.7. The first-order valence-electron chi connectivity index (χ1n) is 8.58. The number of urea groups is 1. The van der Waals surface area contributed by atoms with Crippen molar-refractivity contribution in [1.82, 2.24) is 10.2 Å². The van der Waals surface area contributed by atoms with E-state index in [0.717, 1.165) is 30.4 Å². The monoisotopic (exact) mass is 357 g/mol. The van der Waals surface area contributed by atoms with Crippen molar-refractivity contribution >= 4 is 11.8 Å². The standard InChI is InChI=1S/C16H24FN3O5/c1-8-11(21)12(22)14(25-8)20-7-10(17)16(18,19-15(20)24)13(23)9-5-3-2-4-6-9/h7-9,11-12,14,21-22H,2-6,18H2,1H3,(H,19,24)/t8-,11-,12-,14-,16?/m1/s1. The molecular weight excluding hydrogens is 333 g/mol. The van der Waals surface area contributed by atoms with Crippen molar-refractivity contribution in [2.75, 3.05) is 0 Å². The van der Waals surface area contributed by atoms with E-state index in [1.165, 1.54) is 6.92 Å². The van der Waals surface area contributed by atoms with Gasteiger partial charge in [-0.2, -0.15) is 0 Å². The molecule has 9 heteroatoms. The molecule has 5 N–H and O–H groups in total. The zero-order chi connectivity index (χ0) is 18.4. The highest BCUT2D eigenvalue weighted by Crippen LogP contribution is 2.33. The predicted molar refractivity (Wildman–Crippen MR) is 84.4 cm³/mol. The molecule has 2 fully saturated rings. The Hall–Kier alpha value is -1.55. The van der Waals surface area contributed by atoms with Gasteiger partial charge < -0.3 is 20.3 Å². The molecule has 2 heterocycles. The number of hydrogen-bond donors (Lipinski definition) is 4. The van der Waals surface area contributed by atoms with Gasteiger partial charge in [-0.05, 0) is 19.8 Å². The second kappa shape index (κ2) is 6.64. The summed E-state index contributed by atoms with van der Waals surface area (Å²) in [6.45, 7) is 1.52. The summed E-state index contributed by atoms with van der Waals surface area (Å²) in [7, 11) is 0. The Morgan fingerprint density at radius 1 is 1.36 bits per heavy atom. The van der Waals surface area contributed by atoms with Gasteiger partial charge in [0.2, 0.25) is 5.66 Å². The first-order chi connectivity index (χ1) is 11.8. The number of aliphatic hydroxyl groups excluding tert-OH is 2. The van der Waals surface area contributed by atoms with Gasteiger partial charge in [0.25, 0.3) is 0 Å². The van der Waals surface area contributed by atoms with Crippen LogP contribution in [0.25, 0.3) is 0 Å². The van der Waals surface area contributed by atoms with Gasteiger partial charge in [-0.1, -0.05) is 19.3 Å². The van der Waals surface area contributed by atoms with E-state index in [4.69, 9.17) is 10.5 Å². The van der Waals surface area contributed by atoms with Crippen LogP contribution in [-0.4, -0.2) is 57.1 Å². The largest absolute Gasteiger partial charge is 0.388 e. The topological polar surface area (TPSA) is 125 Å². The van der Waals surface area contributed by atoms with E-state index in [0.29, 0.717) is 12.8 Å². The summed E-state index contributed by atoms with van der Waals surface area (Å²) in [5, 5.41) is 22.0. The lowest BCUT2D eigenvalue weighted by Crippen LogP contribution is -2.69. The lowest BCUT2D eigenvalue weighted by molar-refractivity contribution is -0.130. The highest BCUT2D eigenvalue weighted by Gasteiger charge is 2.52. The summed E-state index contributed by atoms with van der Waals surface area (Å²) in [6.07, 6.45) is 0.202. The van der Waals surface area contributed by atoms with Gasteiger partial charge in [0.05, 0.1) is 6.10 Å². The number of ketones is 1. The number of nitrogens with one attached hydrogen (secondary N) is 1. The molecule has 2 aliphatic heterocycles. The Bertz CT molecular complexity index is 594. The molecule has 25 heavy (non-hydrogen) atoms. The summed E-state index contributed by atoms with van der Waals surface area (Å²) in [6, 6.07) is -0.863. The average Bonchev–Trinajstić information content (AvgIpc) is 2.85. The fraction of sp³-hybridized carbons (Fsp3) is 0.750. The van der Waals surface area contributed by atoms with Crippen LogP contribution in [0.2, 0.25) is 0 Å². The van der Waals surface area contributed by atoms with Crippen LogP contribution in [0.3, 0.4) is 0 Å². The van der Waals surface area contributed by atoms with E-state index in [1.54, 1.807) is 0 Å². The van der Waals surface area contributed by atoms with Gasteiger partial charge in [0, 0.05) is 12.1 Å². The number of Topliss-reactive ketones (excluding diaryl/α,β-unsaturated/α-hetero) is 1. The van der Waals surface area contributed by atoms with Gasteiger partial charge in [0.15, 0.2) is 17.8 Å². The Balaban J connectivity index is 1.82. The third-order valence-electron chi connectivity index (χ3n) is 5.28. The van der Waals surface area contributed by atoms with Crippen LogP contribution in [-0.2, 0) is 9.53 Å². The number of nitrogens with zero attached hydrogens (tertiary/aromatic N) is 1. The van der Waals surface area contributed by atoms with Crippen LogP contribution in [0.1, 0.15) is 39.0 Å². The minimum atomic E-state index is -2.20. The summed E-state index contributed by atoms with van der Waals surface area (Å²) >= 11 is 0. The third kappa shape index (κ3) is 3.05. The van der Waals surface area contributed by atoms with Crippen molar-refractivity contribution in [3.05, 3.63) is 12.0 Å². The molecule has 0 bridgehead atoms. The molecule has 1 aliphatic carbocycles. The number of ether oxygens (including phenoxy) is 1. The van der Waals surface area contributed by atoms with E-state index in [2.05, 4.69) is 5.32 Å². The Labute approximate surface area is 144 Å². The number of carbonyl (C=O) groups is 2. The van der Waals surface area contributed by atoms with E-state index in [9.17, 15) is 24.2 Å². The number of amides is 2. The molecule has 3 aliphatic rings. The highest BCUT2D eigenvalue weighted by atomic mass is 19.1. The Kier molecular flexibility index (Phi) is 4.84. The van der Waals surface area contributed by atoms with Gasteiger partial charge in [0.1, 0.15) is 12.2 Å². The second-order valence-corrected chi connectivity index (χ2v) is 7.03. The summed E-state index contributed by atoms with van der Waals surface area (Å²) < 4.78 is 20.0. The number of hydrogen-bond acceptors (Lipinski definition) is 6. The van der Waals surface area contributed by atoms with Crippen molar-refractivity contribution in [2.45, 2.75) is 69.2 Å². The zero-order valence-electron chi connectivity index (χ0n) is 14.0. The van der Waals surface area contributed by atoms with Gasteiger partial charge in [-0.25, -0.2) is 9.18 Å². The van der Waals surface area contributed by atoms with E-state index in [-0.39, 0.29) is 5.92 Å². The van der Waals surface area contributed by atoms with Gasteiger partial charge in [-0.15, -0.1) is 0 Å². The molecule has 0 spiro atoms. The molecule has 0 aromatic rings. The normalized spacial score (nSPS) is 40.0. The van der Waals surface area contributed by atoms with Crippen LogP contribution in [0, 0.1) is 5.92 Å². The molecule has 8 nitrogen and oxygen atoms in total. The molecule has 0 aromatic heterocycles.